The van der Waals surface area contributed by atoms with E-state index in [-0.39, 0.29) is 31.3 Å². The summed E-state index contributed by atoms with van der Waals surface area (Å²) in [6.45, 7) is 2.30. The number of aliphatic hydroxyl groups is 1. The van der Waals surface area contributed by atoms with Gasteiger partial charge >= 0.3 is 0 Å². The summed E-state index contributed by atoms with van der Waals surface area (Å²) in [6, 6.07) is 43.8. The topological polar surface area (TPSA) is 93.8 Å². The third kappa shape index (κ3) is 9.04. The molecule has 6 aromatic rings. The highest BCUT2D eigenvalue weighted by Gasteiger charge is 2.39. The molecule has 0 unspecified atom stereocenters. The highest BCUT2D eigenvalue weighted by molar-refractivity contribution is 7.99. The second-order valence-corrected chi connectivity index (χ2v) is 16.3. The highest BCUT2D eigenvalue weighted by Crippen LogP contribution is 2.44. The number of nitrogens with zero attached hydrogens (tertiary/aromatic N) is 1. The molecule has 2 heterocycles. The first-order valence-corrected chi connectivity index (χ1v) is 19.6. The van der Waals surface area contributed by atoms with E-state index in [0.29, 0.717) is 11.0 Å². The molecule has 0 saturated carbocycles. The number of hydrogen-bond donors (Lipinski definition) is 2. The van der Waals surface area contributed by atoms with Crippen LogP contribution in [0, 0.1) is 5.92 Å². The van der Waals surface area contributed by atoms with Gasteiger partial charge in [0, 0.05) is 34.9 Å². The number of benzene rings is 5. The maximum Gasteiger partial charge on any atom is 0.272 e. The number of carbonyl (C=O) groups is 1. The summed E-state index contributed by atoms with van der Waals surface area (Å²) < 4.78 is 18.0. The molecule has 1 aliphatic rings. The van der Waals surface area contributed by atoms with Crippen molar-refractivity contribution in [3.05, 3.63) is 156 Å². The molecule has 0 aliphatic carbocycles. The minimum atomic E-state index is -2.04. The third-order valence-electron chi connectivity index (χ3n) is 9.31. The summed E-state index contributed by atoms with van der Waals surface area (Å²) in [6.07, 6.45) is -1.21. The fourth-order valence-corrected chi connectivity index (χ4v) is 7.60. The van der Waals surface area contributed by atoms with Crippen molar-refractivity contribution >= 4 is 52.5 Å². The molecular weight excluding hydrogens is 763 g/mol. The summed E-state index contributed by atoms with van der Waals surface area (Å²) >= 11 is 18.7. The number of carbonyl (C=O) groups excluding carboxylic acids is 1. The van der Waals surface area contributed by atoms with E-state index in [0.717, 1.165) is 56.0 Å². The summed E-state index contributed by atoms with van der Waals surface area (Å²) in [5.74, 6) is 0.564. The minimum Gasteiger partial charge on any atom is -0.431 e. The van der Waals surface area contributed by atoms with Gasteiger partial charge in [-0.05, 0) is 39.9 Å². The van der Waals surface area contributed by atoms with E-state index >= 15 is 0 Å². The molecule has 5 aromatic carbocycles. The Morgan fingerprint density at radius 2 is 1.41 bits per heavy atom. The Hall–Kier alpha value is -4.12. The number of nitrogens with one attached hydrogen (secondary N) is 1. The fraction of sp³-hybridized carbons (Fsp3) is 0.209. The van der Waals surface area contributed by atoms with Crippen LogP contribution in [0.5, 0.6) is 0 Å². The van der Waals surface area contributed by atoms with Crippen LogP contribution in [0.3, 0.4) is 0 Å². The van der Waals surface area contributed by atoms with E-state index in [9.17, 15) is 9.90 Å². The van der Waals surface area contributed by atoms with Crippen molar-refractivity contribution in [1.82, 2.24) is 10.3 Å². The first-order chi connectivity index (χ1) is 26.2. The van der Waals surface area contributed by atoms with E-state index in [2.05, 4.69) is 18.3 Å². The lowest BCUT2D eigenvalue weighted by molar-refractivity contribution is -0.268. The molecule has 11 heteroatoms. The quantitative estimate of drug-likeness (QED) is 0.0995. The van der Waals surface area contributed by atoms with Gasteiger partial charge in [0.2, 0.25) is 0 Å². The van der Waals surface area contributed by atoms with Crippen LogP contribution in [0.1, 0.15) is 41.6 Å². The van der Waals surface area contributed by atoms with Crippen molar-refractivity contribution in [2.75, 3.05) is 5.75 Å². The Kier molecular flexibility index (Phi) is 12.1. The van der Waals surface area contributed by atoms with Crippen molar-refractivity contribution in [1.29, 1.82) is 0 Å². The first kappa shape index (κ1) is 38.2. The molecule has 1 amide bonds. The molecule has 7 nitrogen and oxygen atoms in total. The van der Waals surface area contributed by atoms with Crippen molar-refractivity contribution < 1.29 is 23.8 Å². The van der Waals surface area contributed by atoms with Crippen LogP contribution in [-0.2, 0) is 27.4 Å². The molecular formula is C43H37Cl3N2O5S. The fourth-order valence-electron chi connectivity index (χ4n) is 6.41. The van der Waals surface area contributed by atoms with Gasteiger partial charge in [-0.3, -0.25) is 4.79 Å². The summed E-state index contributed by atoms with van der Waals surface area (Å²) in [4.78, 5) is 17.1. The monoisotopic (exact) mass is 798 g/mol. The van der Waals surface area contributed by atoms with Gasteiger partial charge in [0.1, 0.15) is 5.69 Å². The molecule has 2 N–H and O–H groups in total. The number of halogens is 3. The van der Waals surface area contributed by atoms with Crippen LogP contribution in [0.4, 0.5) is 0 Å². The maximum atomic E-state index is 12.1. The Balaban J connectivity index is 1.15. The number of rotatable bonds is 11. The Labute approximate surface area is 333 Å². The van der Waals surface area contributed by atoms with Gasteiger partial charge in [-0.15, -0.1) is 0 Å². The third-order valence-corrected chi connectivity index (χ3v) is 10.7. The van der Waals surface area contributed by atoms with E-state index in [1.165, 1.54) is 11.8 Å². The molecule has 1 fully saturated rings. The predicted molar refractivity (Wildman–Crippen MR) is 215 cm³/mol. The molecule has 276 valence electrons. The predicted octanol–water partition coefficient (Wildman–Crippen LogP) is 10.7. The van der Waals surface area contributed by atoms with Crippen LogP contribution in [0.15, 0.2) is 143 Å². The number of amides is 1. The van der Waals surface area contributed by atoms with Crippen molar-refractivity contribution in [3.63, 3.8) is 0 Å². The Bertz CT molecular complexity index is 2120. The van der Waals surface area contributed by atoms with E-state index in [4.69, 9.17) is 53.7 Å². The molecule has 0 spiro atoms. The number of thioether (sulfide) groups is 1. The molecule has 1 saturated heterocycles. The minimum absolute atomic E-state index is 0.0337. The number of aromatic nitrogens is 1. The first-order valence-electron chi connectivity index (χ1n) is 17.5. The largest absolute Gasteiger partial charge is 0.431 e. The summed E-state index contributed by atoms with van der Waals surface area (Å²) in [7, 11) is 0. The van der Waals surface area contributed by atoms with Crippen molar-refractivity contribution in [3.8, 4) is 33.7 Å². The maximum absolute atomic E-state index is 12.1. The van der Waals surface area contributed by atoms with Crippen LogP contribution >= 0.6 is 46.6 Å². The lowest BCUT2D eigenvalue weighted by Crippen LogP contribution is -2.38. The molecule has 7 rings (SSSR count). The highest BCUT2D eigenvalue weighted by atomic mass is 35.6. The zero-order valence-electron chi connectivity index (χ0n) is 29.2. The number of hydrogen-bond acceptors (Lipinski definition) is 7. The van der Waals surface area contributed by atoms with E-state index in [1.54, 1.807) is 0 Å². The normalized spacial score (nSPS) is 18.7. The van der Waals surface area contributed by atoms with Gasteiger partial charge in [-0.1, -0.05) is 175 Å². The number of aliphatic hydroxyl groups excluding tert-OH is 1. The molecule has 0 radical (unpaired) electrons. The second kappa shape index (κ2) is 17.1. The Morgan fingerprint density at radius 1 is 0.759 bits per heavy atom. The summed E-state index contributed by atoms with van der Waals surface area (Å²) in [5.41, 5.74) is 8.15. The van der Waals surface area contributed by atoms with Gasteiger partial charge in [0.25, 0.3) is 14.9 Å². The Morgan fingerprint density at radius 3 is 2.09 bits per heavy atom. The van der Waals surface area contributed by atoms with Crippen LogP contribution in [-0.4, -0.2) is 31.6 Å². The standard InChI is InChI=1S/C43H37Cl3N2O5S/c1-27-36(26-54-42-48-37(30-11-4-2-5-12-30)39(53-42)31-13-6-3-7-14-31)51-40(52-38(27)32-20-18-28(25-49)19-21-32)35-17-9-16-34(23-35)33-15-8-10-29(22-33)24-47-41(50)43(44,45)46/h2-23,27,36,38,40,49H,24-26H2,1H3,(H,47,50)/t27-,36+,38+,40+/m0/s1. The van der Waals surface area contributed by atoms with E-state index < -0.39 is 16.0 Å². The van der Waals surface area contributed by atoms with E-state index in [1.807, 2.05) is 127 Å². The average Bonchev–Trinajstić information content (AvgIpc) is 3.64. The molecule has 0 bridgehead atoms. The van der Waals surface area contributed by atoms with Crippen LogP contribution in [0.25, 0.3) is 33.7 Å². The van der Waals surface area contributed by atoms with Gasteiger partial charge in [0.15, 0.2) is 12.1 Å². The SMILES string of the molecule is C[C@H]1[C@@H](CSc2nc(-c3ccccc3)c(-c3ccccc3)o2)O[C@@H](c2cccc(-c3cccc(CNC(=O)C(Cl)(Cl)Cl)c3)c2)O[C@H]1c1ccc(CO)cc1. The summed E-state index contributed by atoms with van der Waals surface area (Å²) in [5, 5.41) is 12.9. The smallest absolute Gasteiger partial charge is 0.272 e. The molecule has 54 heavy (non-hydrogen) atoms. The van der Waals surface area contributed by atoms with Crippen molar-refractivity contribution in [2.45, 2.75) is 47.6 Å². The van der Waals surface area contributed by atoms with Gasteiger partial charge in [0.05, 0.1) is 18.8 Å². The number of ether oxygens (including phenoxy) is 2. The van der Waals surface area contributed by atoms with Gasteiger partial charge in [-0.2, -0.15) is 0 Å². The number of oxazole rings is 1. The lowest BCUT2D eigenvalue weighted by Gasteiger charge is -2.41. The van der Waals surface area contributed by atoms with Crippen LogP contribution < -0.4 is 5.32 Å². The van der Waals surface area contributed by atoms with Gasteiger partial charge < -0.3 is 24.3 Å². The molecule has 1 aromatic heterocycles. The average molecular weight is 800 g/mol. The molecule has 1 aliphatic heterocycles. The van der Waals surface area contributed by atoms with Gasteiger partial charge in [-0.25, -0.2) is 4.98 Å². The lowest BCUT2D eigenvalue weighted by atomic mass is 9.91. The second-order valence-electron chi connectivity index (χ2n) is 13.0. The zero-order chi connectivity index (χ0) is 37.7. The number of alkyl halides is 3. The zero-order valence-corrected chi connectivity index (χ0v) is 32.3. The van der Waals surface area contributed by atoms with Crippen molar-refractivity contribution in [2.24, 2.45) is 5.92 Å². The molecule has 4 atom stereocenters. The van der Waals surface area contributed by atoms with Crippen LogP contribution in [0.2, 0.25) is 0 Å².